The van der Waals surface area contributed by atoms with E-state index < -0.39 is 30.7 Å². The predicted molar refractivity (Wildman–Crippen MR) is 61.3 cm³/mol. The van der Waals surface area contributed by atoms with Gasteiger partial charge in [0.15, 0.2) is 6.29 Å². The minimum Gasteiger partial charge on any atom is -0.388 e. The van der Waals surface area contributed by atoms with Gasteiger partial charge < -0.3 is 24.8 Å². The monoisotopic (exact) mass is 252 g/mol. The smallest absolute Gasteiger partial charge is 0.186 e. The van der Waals surface area contributed by atoms with Crippen molar-refractivity contribution in [2.75, 3.05) is 18.6 Å². The molecule has 0 aromatic carbocycles. The molecule has 0 aromatic rings. The maximum atomic E-state index is 9.65. The molecule has 0 spiro atoms. The van der Waals surface area contributed by atoms with Crippen molar-refractivity contribution in [3.05, 3.63) is 0 Å². The summed E-state index contributed by atoms with van der Waals surface area (Å²) in [4.78, 5) is 0. The fraction of sp³-hybridized carbons (Fsp3) is 1.00. The number of thioether (sulfide) groups is 1. The first-order valence-corrected chi connectivity index (χ1v) is 6.81. The molecule has 1 fully saturated rings. The van der Waals surface area contributed by atoms with Gasteiger partial charge in [-0.25, -0.2) is 0 Å². The minimum atomic E-state index is -1.21. The third kappa shape index (κ3) is 3.32. The molecule has 96 valence electrons. The molecule has 5 nitrogen and oxygen atoms in total. The second kappa shape index (κ2) is 6.78. The number of aliphatic hydroxyl groups is 3. The average molecular weight is 252 g/mol. The number of rotatable bonds is 5. The van der Waals surface area contributed by atoms with Crippen LogP contribution >= 0.6 is 11.8 Å². The van der Waals surface area contributed by atoms with Gasteiger partial charge in [0.1, 0.15) is 18.3 Å². The van der Waals surface area contributed by atoms with Gasteiger partial charge in [-0.1, -0.05) is 6.92 Å². The fourth-order valence-corrected chi connectivity index (χ4v) is 1.90. The Hall–Kier alpha value is 0.150. The van der Waals surface area contributed by atoms with E-state index in [1.54, 1.807) is 11.8 Å². The van der Waals surface area contributed by atoms with Gasteiger partial charge in [-0.3, -0.25) is 0 Å². The maximum absolute atomic E-state index is 9.65. The molecule has 0 radical (unpaired) electrons. The first kappa shape index (κ1) is 14.2. The van der Waals surface area contributed by atoms with Gasteiger partial charge >= 0.3 is 0 Å². The molecule has 1 saturated heterocycles. The zero-order valence-electron chi connectivity index (χ0n) is 9.57. The second-order valence-electron chi connectivity index (χ2n) is 3.79. The summed E-state index contributed by atoms with van der Waals surface area (Å²) >= 11 is 1.63. The van der Waals surface area contributed by atoms with Crippen LogP contribution in [0.25, 0.3) is 0 Å². The minimum absolute atomic E-state index is 0.447. The first-order chi connectivity index (χ1) is 7.61. The largest absolute Gasteiger partial charge is 0.388 e. The molecule has 0 saturated carbocycles. The molecule has 0 aromatic heterocycles. The van der Waals surface area contributed by atoms with Crippen LogP contribution in [0.15, 0.2) is 0 Å². The Bertz CT molecular complexity index is 202. The van der Waals surface area contributed by atoms with Crippen molar-refractivity contribution >= 4 is 11.8 Å². The highest BCUT2D eigenvalue weighted by atomic mass is 32.2. The molecule has 5 atom stereocenters. The van der Waals surface area contributed by atoms with Crippen molar-refractivity contribution in [3.8, 4) is 0 Å². The van der Waals surface area contributed by atoms with Crippen LogP contribution in [-0.4, -0.2) is 64.6 Å². The summed E-state index contributed by atoms with van der Waals surface area (Å²) in [7, 11) is 0. The van der Waals surface area contributed by atoms with Gasteiger partial charge in [0.2, 0.25) is 0 Å². The molecule has 0 amide bonds. The summed E-state index contributed by atoms with van der Waals surface area (Å²) in [6.45, 7) is 2.29. The third-order valence-electron chi connectivity index (χ3n) is 2.64. The van der Waals surface area contributed by atoms with Crippen LogP contribution in [0.1, 0.15) is 13.3 Å². The van der Waals surface area contributed by atoms with E-state index in [0.717, 1.165) is 5.75 Å². The van der Waals surface area contributed by atoms with Gasteiger partial charge in [0.05, 0.1) is 12.7 Å². The highest BCUT2D eigenvalue weighted by Crippen LogP contribution is 2.23. The highest BCUT2D eigenvalue weighted by Gasteiger charge is 2.43. The third-order valence-corrected chi connectivity index (χ3v) is 3.22. The molecule has 0 bridgehead atoms. The molecule has 0 aliphatic carbocycles. The average Bonchev–Trinajstić information content (AvgIpc) is 2.29. The Labute approximate surface area is 99.8 Å². The first-order valence-electron chi connectivity index (χ1n) is 5.42. The van der Waals surface area contributed by atoms with Crippen molar-refractivity contribution in [3.63, 3.8) is 0 Å². The second-order valence-corrected chi connectivity index (χ2v) is 4.77. The zero-order valence-corrected chi connectivity index (χ0v) is 10.4. The molecule has 16 heavy (non-hydrogen) atoms. The Morgan fingerprint density at radius 1 is 1.19 bits per heavy atom. The number of aliphatic hydroxyl groups excluding tert-OH is 3. The lowest BCUT2D eigenvalue weighted by Gasteiger charge is -2.40. The maximum Gasteiger partial charge on any atom is 0.186 e. The molecule has 1 aliphatic rings. The summed E-state index contributed by atoms with van der Waals surface area (Å²) in [5.41, 5.74) is 0. The van der Waals surface area contributed by atoms with Crippen LogP contribution in [0, 0.1) is 0 Å². The Morgan fingerprint density at radius 3 is 2.44 bits per heavy atom. The van der Waals surface area contributed by atoms with Crippen molar-refractivity contribution in [2.45, 2.75) is 44.1 Å². The lowest BCUT2D eigenvalue weighted by Crippen LogP contribution is -2.58. The summed E-state index contributed by atoms with van der Waals surface area (Å²) < 4.78 is 10.7. The quantitative estimate of drug-likeness (QED) is 0.577. The molecule has 1 rings (SSSR count). The predicted octanol–water partition coefficient (Wildman–Crippen LogP) is -0.416. The van der Waals surface area contributed by atoms with Gasteiger partial charge in [0.25, 0.3) is 0 Å². The molecule has 3 N–H and O–H groups in total. The summed E-state index contributed by atoms with van der Waals surface area (Å²) in [5.74, 6) is 0.794. The topological polar surface area (TPSA) is 79.2 Å². The fourth-order valence-electron chi connectivity index (χ4n) is 1.64. The van der Waals surface area contributed by atoms with Gasteiger partial charge in [0, 0.05) is 5.75 Å². The van der Waals surface area contributed by atoms with Gasteiger partial charge in [-0.2, -0.15) is 11.8 Å². The van der Waals surface area contributed by atoms with E-state index in [2.05, 4.69) is 0 Å². The highest BCUT2D eigenvalue weighted by molar-refractivity contribution is 7.98. The Kier molecular flexibility index (Phi) is 6.02. The molecular formula is C10H20O5S. The standard InChI is InChI=1S/C10H20O5S/c1-3-6-7(11)8(12)9(13)10(15-6)14-4-5-16-2/h6-13H,3-5H2,1-2H3. The van der Waals surface area contributed by atoms with E-state index in [4.69, 9.17) is 9.47 Å². The summed E-state index contributed by atoms with van der Waals surface area (Å²) in [5, 5.41) is 28.9. The van der Waals surface area contributed by atoms with Crippen LogP contribution in [0.2, 0.25) is 0 Å². The van der Waals surface area contributed by atoms with Crippen LogP contribution in [-0.2, 0) is 9.47 Å². The Morgan fingerprint density at radius 2 is 1.88 bits per heavy atom. The molecule has 6 heteroatoms. The SMILES string of the molecule is CCC1OC(OCCSC)C(O)C(O)C1O. The van der Waals surface area contributed by atoms with E-state index in [-0.39, 0.29) is 0 Å². The van der Waals surface area contributed by atoms with Gasteiger partial charge in [-0.15, -0.1) is 0 Å². The summed E-state index contributed by atoms with van der Waals surface area (Å²) in [6.07, 6.45) is -2.28. The van der Waals surface area contributed by atoms with Crippen molar-refractivity contribution in [2.24, 2.45) is 0 Å². The van der Waals surface area contributed by atoms with E-state index >= 15 is 0 Å². The normalized spacial score (nSPS) is 39.9. The summed E-state index contributed by atoms with van der Waals surface area (Å²) in [6, 6.07) is 0. The van der Waals surface area contributed by atoms with E-state index in [0.29, 0.717) is 13.0 Å². The van der Waals surface area contributed by atoms with Crippen LogP contribution in [0.4, 0.5) is 0 Å². The van der Waals surface area contributed by atoms with Gasteiger partial charge in [-0.05, 0) is 12.7 Å². The van der Waals surface area contributed by atoms with E-state index in [9.17, 15) is 15.3 Å². The van der Waals surface area contributed by atoms with Crippen molar-refractivity contribution < 1.29 is 24.8 Å². The molecule has 1 heterocycles. The number of hydrogen-bond acceptors (Lipinski definition) is 6. The van der Waals surface area contributed by atoms with Crippen molar-refractivity contribution in [1.82, 2.24) is 0 Å². The van der Waals surface area contributed by atoms with E-state index in [1.807, 2.05) is 13.2 Å². The molecule has 1 aliphatic heterocycles. The number of hydrogen-bond donors (Lipinski definition) is 3. The lowest BCUT2D eigenvalue weighted by atomic mass is 9.97. The van der Waals surface area contributed by atoms with Crippen LogP contribution < -0.4 is 0 Å². The number of ether oxygens (including phenoxy) is 2. The molecular weight excluding hydrogens is 232 g/mol. The molecule has 5 unspecified atom stereocenters. The van der Waals surface area contributed by atoms with Crippen LogP contribution in [0.3, 0.4) is 0 Å². The van der Waals surface area contributed by atoms with Crippen molar-refractivity contribution in [1.29, 1.82) is 0 Å². The zero-order chi connectivity index (χ0) is 12.1. The van der Waals surface area contributed by atoms with E-state index in [1.165, 1.54) is 0 Å². The lowest BCUT2D eigenvalue weighted by molar-refractivity contribution is -0.295. The Balaban J connectivity index is 2.50. The van der Waals surface area contributed by atoms with Crippen LogP contribution in [0.5, 0.6) is 0 Å².